The van der Waals surface area contributed by atoms with Crippen LogP contribution in [-0.4, -0.2) is 14.7 Å². The molecule has 1 heterocycles. The second-order valence-corrected chi connectivity index (χ2v) is 5.65. The Bertz CT molecular complexity index is 801. The van der Waals surface area contributed by atoms with Crippen molar-refractivity contribution < 1.29 is 5.11 Å². The second-order valence-electron chi connectivity index (χ2n) is 5.65. The summed E-state index contributed by atoms with van der Waals surface area (Å²) < 4.78 is 1.83. The number of benzene rings is 2. The zero-order chi connectivity index (χ0) is 16.2. The van der Waals surface area contributed by atoms with Crippen LogP contribution in [0.3, 0.4) is 0 Å². The Morgan fingerprint density at radius 1 is 1.04 bits per heavy atom. The summed E-state index contributed by atoms with van der Waals surface area (Å²) in [5, 5.41) is 10.6. The molecular weight excluding hydrogens is 284 g/mol. The van der Waals surface area contributed by atoms with Crippen molar-refractivity contribution >= 4 is 5.57 Å². The van der Waals surface area contributed by atoms with Crippen LogP contribution in [0.15, 0.2) is 73.1 Å². The highest BCUT2D eigenvalue weighted by atomic mass is 16.3. The molecule has 1 N–H and O–H groups in total. The van der Waals surface area contributed by atoms with E-state index in [1.807, 2.05) is 42.1 Å². The molecule has 3 nitrogen and oxygen atoms in total. The maximum atomic E-state index is 10.6. The molecule has 0 saturated heterocycles. The van der Waals surface area contributed by atoms with Gasteiger partial charge < -0.3 is 9.67 Å². The van der Waals surface area contributed by atoms with Gasteiger partial charge in [-0.15, -0.1) is 0 Å². The van der Waals surface area contributed by atoms with Crippen molar-refractivity contribution in [3.63, 3.8) is 0 Å². The van der Waals surface area contributed by atoms with Gasteiger partial charge in [0.15, 0.2) is 0 Å². The quantitative estimate of drug-likeness (QED) is 0.794. The van der Waals surface area contributed by atoms with E-state index < -0.39 is 6.10 Å². The van der Waals surface area contributed by atoms with Gasteiger partial charge in [-0.1, -0.05) is 60.2 Å². The fourth-order valence-electron chi connectivity index (χ4n) is 2.60. The lowest BCUT2D eigenvalue weighted by Gasteiger charge is -2.13. The summed E-state index contributed by atoms with van der Waals surface area (Å²) in [6.07, 6.45) is 4.63. The minimum Gasteiger partial charge on any atom is -0.381 e. The Balaban J connectivity index is 2.06. The van der Waals surface area contributed by atoms with E-state index in [2.05, 4.69) is 48.3 Å². The number of hydrogen-bond donors (Lipinski definition) is 1. The Kier molecular flexibility index (Phi) is 4.40. The van der Waals surface area contributed by atoms with E-state index in [-0.39, 0.29) is 0 Å². The van der Waals surface area contributed by atoms with Crippen LogP contribution in [0.1, 0.15) is 28.6 Å². The fourth-order valence-corrected chi connectivity index (χ4v) is 2.60. The molecule has 2 aromatic carbocycles. The molecule has 3 heteroatoms. The lowest BCUT2D eigenvalue weighted by Crippen LogP contribution is -2.04. The van der Waals surface area contributed by atoms with Crippen molar-refractivity contribution in [2.75, 3.05) is 0 Å². The molecule has 0 aliphatic rings. The lowest BCUT2D eigenvalue weighted by atomic mass is 9.95. The largest absolute Gasteiger partial charge is 0.381 e. The smallest absolute Gasteiger partial charge is 0.141 e. The number of aryl methyl sites for hydroxylation is 2. The number of rotatable bonds is 4. The third kappa shape index (κ3) is 3.41. The normalized spacial score (nSPS) is 13.1. The molecule has 0 fully saturated rings. The molecule has 0 aliphatic carbocycles. The van der Waals surface area contributed by atoms with E-state index in [1.165, 1.54) is 5.56 Å². The van der Waals surface area contributed by atoms with Crippen molar-refractivity contribution in [2.45, 2.75) is 13.0 Å². The Labute approximate surface area is 136 Å². The molecule has 0 aliphatic heterocycles. The highest BCUT2D eigenvalue weighted by Crippen LogP contribution is 2.27. The molecular formula is C20H20N2O. The van der Waals surface area contributed by atoms with Gasteiger partial charge in [-0.3, -0.25) is 0 Å². The molecule has 1 aromatic heterocycles. The molecule has 116 valence electrons. The fraction of sp³-hybridized carbons (Fsp3) is 0.150. The molecule has 23 heavy (non-hydrogen) atoms. The molecule has 0 spiro atoms. The van der Waals surface area contributed by atoms with Crippen LogP contribution in [0.2, 0.25) is 0 Å². The van der Waals surface area contributed by atoms with Gasteiger partial charge in [0.2, 0.25) is 0 Å². The third-order valence-corrected chi connectivity index (χ3v) is 3.89. The van der Waals surface area contributed by atoms with Gasteiger partial charge in [0, 0.05) is 19.4 Å². The second kappa shape index (κ2) is 6.63. The number of aliphatic hydroxyl groups excluding tert-OH is 1. The summed E-state index contributed by atoms with van der Waals surface area (Å²) in [5.74, 6) is 0.630. The van der Waals surface area contributed by atoms with E-state index >= 15 is 0 Å². The Morgan fingerprint density at radius 3 is 2.30 bits per heavy atom. The minimum absolute atomic E-state index is 0.630. The van der Waals surface area contributed by atoms with Crippen LogP contribution in [0, 0.1) is 6.92 Å². The van der Waals surface area contributed by atoms with E-state index in [4.69, 9.17) is 0 Å². The van der Waals surface area contributed by atoms with Crippen molar-refractivity contribution in [3.8, 4) is 0 Å². The van der Waals surface area contributed by atoms with Gasteiger partial charge in [-0.05, 0) is 29.7 Å². The van der Waals surface area contributed by atoms with Crippen LogP contribution >= 0.6 is 0 Å². The summed E-state index contributed by atoms with van der Waals surface area (Å²) in [4.78, 5) is 4.24. The van der Waals surface area contributed by atoms with Crippen molar-refractivity contribution in [2.24, 2.45) is 7.05 Å². The maximum Gasteiger partial charge on any atom is 0.141 e. The topological polar surface area (TPSA) is 38.1 Å². The van der Waals surface area contributed by atoms with Gasteiger partial charge in [-0.25, -0.2) is 4.98 Å². The first kappa shape index (κ1) is 15.3. The van der Waals surface area contributed by atoms with Gasteiger partial charge >= 0.3 is 0 Å². The van der Waals surface area contributed by atoms with Crippen LogP contribution in [0.25, 0.3) is 5.57 Å². The summed E-state index contributed by atoms with van der Waals surface area (Å²) in [7, 11) is 1.88. The van der Waals surface area contributed by atoms with Gasteiger partial charge in [0.25, 0.3) is 0 Å². The Morgan fingerprint density at radius 2 is 1.70 bits per heavy atom. The standard InChI is InChI=1S/C20H20N2O/c1-15-8-10-17(11-9-15)18(16-6-4-3-5-7-16)14-19(23)20-21-12-13-22(20)2/h3-14,19,23H,1-2H3/b18-14-. The van der Waals surface area contributed by atoms with E-state index in [9.17, 15) is 5.11 Å². The Hall–Kier alpha value is -2.65. The van der Waals surface area contributed by atoms with Gasteiger partial charge in [0.1, 0.15) is 11.9 Å². The SMILES string of the molecule is Cc1ccc(/C(=C\C(O)c2nccn2C)c2ccccc2)cc1. The zero-order valence-corrected chi connectivity index (χ0v) is 13.3. The molecule has 0 amide bonds. The molecule has 0 radical (unpaired) electrons. The maximum absolute atomic E-state index is 10.6. The number of imidazole rings is 1. The number of aromatic nitrogens is 2. The third-order valence-electron chi connectivity index (χ3n) is 3.89. The lowest BCUT2D eigenvalue weighted by molar-refractivity contribution is 0.215. The first-order valence-electron chi connectivity index (χ1n) is 7.65. The summed E-state index contributed by atoms with van der Waals surface area (Å²) in [6, 6.07) is 18.4. The monoisotopic (exact) mass is 304 g/mol. The average molecular weight is 304 g/mol. The van der Waals surface area contributed by atoms with Crippen molar-refractivity contribution in [1.29, 1.82) is 0 Å². The number of nitrogens with zero attached hydrogens (tertiary/aromatic N) is 2. The van der Waals surface area contributed by atoms with Gasteiger partial charge in [0.05, 0.1) is 0 Å². The molecule has 0 bridgehead atoms. The van der Waals surface area contributed by atoms with E-state index in [0.29, 0.717) is 5.82 Å². The number of hydrogen-bond acceptors (Lipinski definition) is 2. The average Bonchev–Trinajstić information content (AvgIpc) is 3.00. The minimum atomic E-state index is -0.758. The highest BCUT2D eigenvalue weighted by molar-refractivity contribution is 5.80. The zero-order valence-electron chi connectivity index (χ0n) is 13.3. The van der Waals surface area contributed by atoms with Crippen LogP contribution in [0.4, 0.5) is 0 Å². The molecule has 1 unspecified atom stereocenters. The first-order chi connectivity index (χ1) is 11.1. The molecule has 3 aromatic rings. The van der Waals surface area contributed by atoms with Crippen LogP contribution in [-0.2, 0) is 7.05 Å². The van der Waals surface area contributed by atoms with E-state index in [1.54, 1.807) is 6.20 Å². The molecule has 1 atom stereocenters. The van der Waals surface area contributed by atoms with Crippen molar-refractivity contribution in [3.05, 3.63) is 95.6 Å². The van der Waals surface area contributed by atoms with Crippen LogP contribution < -0.4 is 0 Å². The first-order valence-corrected chi connectivity index (χ1v) is 7.65. The van der Waals surface area contributed by atoms with Crippen LogP contribution in [0.5, 0.6) is 0 Å². The van der Waals surface area contributed by atoms with E-state index in [0.717, 1.165) is 16.7 Å². The predicted octanol–water partition coefficient (Wildman–Crippen LogP) is 3.89. The van der Waals surface area contributed by atoms with Gasteiger partial charge in [-0.2, -0.15) is 0 Å². The predicted molar refractivity (Wildman–Crippen MR) is 92.9 cm³/mol. The van der Waals surface area contributed by atoms with Crippen molar-refractivity contribution in [1.82, 2.24) is 9.55 Å². The molecule has 3 rings (SSSR count). The summed E-state index contributed by atoms with van der Waals surface area (Å²) in [6.45, 7) is 2.07. The summed E-state index contributed by atoms with van der Waals surface area (Å²) >= 11 is 0. The molecule has 0 saturated carbocycles. The summed E-state index contributed by atoms with van der Waals surface area (Å²) in [5.41, 5.74) is 4.37. The number of aliphatic hydroxyl groups is 1. The highest BCUT2D eigenvalue weighted by Gasteiger charge is 2.13.